The predicted molar refractivity (Wildman–Crippen MR) is 71.5 cm³/mol. The van der Waals surface area contributed by atoms with Gasteiger partial charge in [0.25, 0.3) is 0 Å². The molecule has 1 aromatic rings. The Bertz CT molecular complexity index is 417. The van der Waals surface area contributed by atoms with Crippen molar-refractivity contribution in [3.05, 3.63) is 35.4 Å². The molecule has 18 heavy (non-hydrogen) atoms. The molecule has 0 amide bonds. The zero-order valence-corrected chi connectivity index (χ0v) is 11.1. The highest BCUT2D eigenvalue weighted by molar-refractivity contribution is 5.81. The second-order valence-corrected chi connectivity index (χ2v) is 5.54. The molecule has 0 unspecified atom stereocenters. The first-order valence-corrected chi connectivity index (χ1v) is 6.62. The fourth-order valence-electron chi connectivity index (χ4n) is 2.69. The van der Waals surface area contributed by atoms with Crippen molar-refractivity contribution in [3.63, 3.8) is 0 Å². The average molecular weight is 247 g/mol. The van der Waals surface area contributed by atoms with Crippen molar-refractivity contribution in [2.24, 2.45) is 5.92 Å². The molecule has 0 saturated carbocycles. The Labute approximate surface area is 108 Å². The van der Waals surface area contributed by atoms with E-state index in [1.165, 1.54) is 5.56 Å². The highest BCUT2D eigenvalue weighted by Gasteiger charge is 2.42. The average Bonchev–Trinajstić information content (AvgIpc) is 2.79. The monoisotopic (exact) mass is 247 g/mol. The SMILES string of the molecule is CC(C)Cc1ccc([C@@]2(C(=O)O)CCCN2)cc1. The molecule has 1 aromatic carbocycles. The lowest BCUT2D eigenvalue weighted by Gasteiger charge is -2.25. The molecule has 1 aliphatic rings. The Morgan fingerprint density at radius 2 is 2.06 bits per heavy atom. The number of carboxylic acid groups (broad SMARTS) is 1. The molecule has 1 heterocycles. The molecule has 0 bridgehead atoms. The van der Waals surface area contributed by atoms with E-state index in [0.29, 0.717) is 12.3 Å². The summed E-state index contributed by atoms with van der Waals surface area (Å²) in [6.45, 7) is 5.15. The van der Waals surface area contributed by atoms with Crippen LogP contribution in [0.3, 0.4) is 0 Å². The first kappa shape index (κ1) is 13.1. The highest BCUT2D eigenvalue weighted by atomic mass is 16.4. The Morgan fingerprint density at radius 1 is 1.39 bits per heavy atom. The summed E-state index contributed by atoms with van der Waals surface area (Å²) in [5, 5.41) is 12.6. The summed E-state index contributed by atoms with van der Waals surface area (Å²) < 4.78 is 0. The van der Waals surface area contributed by atoms with Crippen LogP contribution in [0.1, 0.15) is 37.8 Å². The zero-order chi connectivity index (χ0) is 13.2. The quantitative estimate of drug-likeness (QED) is 0.859. The van der Waals surface area contributed by atoms with Gasteiger partial charge in [0.2, 0.25) is 0 Å². The van der Waals surface area contributed by atoms with E-state index >= 15 is 0 Å². The minimum Gasteiger partial charge on any atom is -0.480 e. The van der Waals surface area contributed by atoms with E-state index in [2.05, 4.69) is 31.3 Å². The van der Waals surface area contributed by atoms with Crippen LogP contribution >= 0.6 is 0 Å². The van der Waals surface area contributed by atoms with Gasteiger partial charge in [-0.15, -0.1) is 0 Å². The lowest BCUT2D eigenvalue weighted by Crippen LogP contribution is -2.44. The number of benzene rings is 1. The first-order valence-electron chi connectivity index (χ1n) is 6.62. The number of hydrogen-bond donors (Lipinski definition) is 2. The van der Waals surface area contributed by atoms with Crippen molar-refractivity contribution in [3.8, 4) is 0 Å². The summed E-state index contributed by atoms with van der Waals surface area (Å²) in [7, 11) is 0. The molecule has 3 nitrogen and oxygen atoms in total. The minimum atomic E-state index is -0.865. The van der Waals surface area contributed by atoms with Gasteiger partial charge in [-0.05, 0) is 42.9 Å². The van der Waals surface area contributed by atoms with Crippen molar-refractivity contribution in [1.82, 2.24) is 5.32 Å². The topological polar surface area (TPSA) is 49.3 Å². The van der Waals surface area contributed by atoms with Crippen molar-refractivity contribution < 1.29 is 9.90 Å². The van der Waals surface area contributed by atoms with Crippen LogP contribution in [0.15, 0.2) is 24.3 Å². The highest BCUT2D eigenvalue weighted by Crippen LogP contribution is 2.31. The smallest absolute Gasteiger partial charge is 0.328 e. The van der Waals surface area contributed by atoms with Crippen LogP contribution in [0.2, 0.25) is 0 Å². The summed E-state index contributed by atoms with van der Waals surface area (Å²) in [4.78, 5) is 11.5. The number of hydrogen-bond acceptors (Lipinski definition) is 2. The fraction of sp³-hybridized carbons (Fsp3) is 0.533. The van der Waals surface area contributed by atoms with E-state index in [1.54, 1.807) is 0 Å². The first-order chi connectivity index (χ1) is 8.54. The molecular weight excluding hydrogens is 226 g/mol. The van der Waals surface area contributed by atoms with Crippen molar-refractivity contribution >= 4 is 5.97 Å². The van der Waals surface area contributed by atoms with Crippen LogP contribution in [-0.2, 0) is 16.8 Å². The second-order valence-electron chi connectivity index (χ2n) is 5.54. The van der Waals surface area contributed by atoms with E-state index in [1.807, 2.05) is 12.1 Å². The summed E-state index contributed by atoms with van der Waals surface area (Å²) in [5.41, 5.74) is 1.28. The number of nitrogens with one attached hydrogen (secondary N) is 1. The second kappa shape index (κ2) is 5.11. The number of rotatable bonds is 4. The number of carbonyl (C=O) groups is 1. The lowest BCUT2D eigenvalue weighted by atomic mass is 9.87. The Hall–Kier alpha value is -1.35. The summed E-state index contributed by atoms with van der Waals surface area (Å²) in [6, 6.07) is 8.04. The fourth-order valence-corrected chi connectivity index (χ4v) is 2.69. The van der Waals surface area contributed by atoms with E-state index < -0.39 is 11.5 Å². The Kier molecular flexibility index (Phi) is 3.71. The van der Waals surface area contributed by atoms with Gasteiger partial charge in [0.05, 0.1) is 0 Å². The Morgan fingerprint density at radius 3 is 2.50 bits per heavy atom. The molecule has 3 heteroatoms. The minimum absolute atomic E-state index is 0.619. The van der Waals surface area contributed by atoms with Crippen LogP contribution in [0.5, 0.6) is 0 Å². The van der Waals surface area contributed by atoms with E-state index in [9.17, 15) is 9.90 Å². The molecule has 2 N–H and O–H groups in total. The van der Waals surface area contributed by atoms with E-state index in [4.69, 9.17) is 0 Å². The summed E-state index contributed by atoms with van der Waals surface area (Å²) in [5.74, 6) is -0.148. The molecule has 0 aliphatic carbocycles. The third-order valence-corrected chi connectivity index (χ3v) is 3.61. The maximum atomic E-state index is 11.5. The van der Waals surface area contributed by atoms with Gasteiger partial charge in [-0.1, -0.05) is 38.1 Å². The predicted octanol–water partition coefficient (Wildman–Crippen LogP) is 2.55. The standard InChI is InChI=1S/C15H21NO2/c1-11(2)10-12-4-6-13(7-5-12)15(14(17)18)8-3-9-16-15/h4-7,11,16H,3,8-10H2,1-2H3,(H,17,18)/t15-/m1/s1. The molecule has 0 spiro atoms. The maximum Gasteiger partial charge on any atom is 0.328 e. The maximum absolute atomic E-state index is 11.5. The zero-order valence-electron chi connectivity index (χ0n) is 11.1. The van der Waals surface area contributed by atoms with Crippen molar-refractivity contribution in [2.75, 3.05) is 6.54 Å². The van der Waals surface area contributed by atoms with Crippen molar-refractivity contribution in [2.45, 2.75) is 38.6 Å². The molecule has 0 radical (unpaired) electrons. The molecule has 1 saturated heterocycles. The van der Waals surface area contributed by atoms with Crippen molar-refractivity contribution in [1.29, 1.82) is 0 Å². The van der Waals surface area contributed by atoms with Crippen LogP contribution in [0, 0.1) is 5.92 Å². The number of carboxylic acids is 1. The lowest BCUT2D eigenvalue weighted by molar-refractivity contribution is -0.144. The molecule has 0 aromatic heterocycles. The van der Waals surface area contributed by atoms with Gasteiger partial charge in [-0.3, -0.25) is 5.32 Å². The normalized spacial score (nSPS) is 23.5. The molecular formula is C15H21NO2. The Balaban J connectivity index is 2.25. The number of aliphatic carboxylic acids is 1. The molecule has 2 rings (SSSR count). The van der Waals surface area contributed by atoms with E-state index in [-0.39, 0.29) is 0 Å². The van der Waals surface area contributed by atoms with Gasteiger partial charge in [0.15, 0.2) is 0 Å². The third-order valence-electron chi connectivity index (χ3n) is 3.61. The summed E-state index contributed by atoms with van der Waals surface area (Å²) >= 11 is 0. The third kappa shape index (κ3) is 2.41. The van der Waals surface area contributed by atoms with Crippen LogP contribution < -0.4 is 5.32 Å². The molecule has 1 fully saturated rings. The summed E-state index contributed by atoms with van der Waals surface area (Å²) in [6.07, 6.45) is 2.62. The van der Waals surface area contributed by atoms with Gasteiger partial charge in [-0.25, -0.2) is 4.79 Å². The molecule has 1 atom stereocenters. The van der Waals surface area contributed by atoms with Gasteiger partial charge < -0.3 is 5.11 Å². The molecule has 1 aliphatic heterocycles. The van der Waals surface area contributed by atoms with Gasteiger partial charge in [0, 0.05) is 0 Å². The van der Waals surface area contributed by atoms with Crippen LogP contribution in [0.4, 0.5) is 0 Å². The van der Waals surface area contributed by atoms with Crippen LogP contribution in [0.25, 0.3) is 0 Å². The largest absolute Gasteiger partial charge is 0.480 e. The van der Waals surface area contributed by atoms with Gasteiger partial charge >= 0.3 is 5.97 Å². The van der Waals surface area contributed by atoms with Gasteiger partial charge in [0.1, 0.15) is 5.54 Å². The van der Waals surface area contributed by atoms with E-state index in [0.717, 1.165) is 24.9 Å². The van der Waals surface area contributed by atoms with Crippen LogP contribution in [-0.4, -0.2) is 17.6 Å². The van der Waals surface area contributed by atoms with Gasteiger partial charge in [-0.2, -0.15) is 0 Å². The molecule has 98 valence electrons.